The molecule has 1 saturated heterocycles. The topological polar surface area (TPSA) is 80.6 Å². The zero-order valence-corrected chi connectivity index (χ0v) is 16.5. The van der Waals surface area contributed by atoms with Crippen molar-refractivity contribution in [1.82, 2.24) is 14.2 Å². The zero-order chi connectivity index (χ0) is 19.4. The number of carbonyl (C=O) groups excluding carboxylic acids is 1. The average molecular weight is 391 g/mol. The normalized spacial score (nSPS) is 15.0. The highest BCUT2D eigenvalue weighted by atomic mass is 32.2. The van der Waals surface area contributed by atoms with E-state index < -0.39 is 10.0 Å². The standard InChI is InChI=1S/C19H25N3O4S/c1-3-26-18-9-5-4-8-15(18)13-20-19(23)17-12-16(14-21(17)2)27(24,25)22-10-6-7-11-22/h4-5,8-9,12,14H,3,6-7,10-11,13H2,1-2H3,(H,20,23). The van der Waals surface area contributed by atoms with Gasteiger partial charge in [0.2, 0.25) is 10.0 Å². The minimum atomic E-state index is -3.54. The minimum Gasteiger partial charge on any atom is -0.494 e. The molecule has 1 N–H and O–H groups in total. The van der Waals surface area contributed by atoms with Crippen molar-refractivity contribution in [3.05, 3.63) is 47.8 Å². The molecule has 7 nitrogen and oxygen atoms in total. The maximum Gasteiger partial charge on any atom is 0.268 e. The molecule has 0 atom stereocenters. The Morgan fingerprint density at radius 1 is 1.22 bits per heavy atom. The molecule has 8 heteroatoms. The molecule has 1 aromatic carbocycles. The quantitative estimate of drug-likeness (QED) is 0.784. The Morgan fingerprint density at radius 3 is 2.63 bits per heavy atom. The molecule has 0 aliphatic carbocycles. The summed E-state index contributed by atoms with van der Waals surface area (Å²) in [6.07, 6.45) is 3.24. The van der Waals surface area contributed by atoms with Gasteiger partial charge in [-0.05, 0) is 31.9 Å². The van der Waals surface area contributed by atoms with Crippen LogP contribution in [0, 0.1) is 0 Å². The van der Waals surface area contributed by atoms with Gasteiger partial charge in [0.25, 0.3) is 5.91 Å². The van der Waals surface area contributed by atoms with Crippen molar-refractivity contribution in [2.24, 2.45) is 7.05 Å². The fraction of sp³-hybridized carbons (Fsp3) is 0.421. The molecule has 3 rings (SSSR count). The number of hydrogen-bond acceptors (Lipinski definition) is 4. The highest BCUT2D eigenvalue weighted by Crippen LogP contribution is 2.23. The first kappa shape index (κ1) is 19.4. The van der Waals surface area contributed by atoms with Gasteiger partial charge in [0, 0.05) is 38.4 Å². The Kier molecular flexibility index (Phi) is 5.86. The number of para-hydroxylation sites is 1. The summed E-state index contributed by atoms with van der Waals surface area (Å²) in [5, 5.41) is 2.84. The van der Waals surface area contributed by atoms with Crippen LogP contribution in [0.1, 0.15) is 35.8 Å². The molecule has 0 bridgehead atoms. The number of benzene rings is 1. The van der Waals surface area contributed by atoms with Gasteiger partial charge >= 0.3 is 0 Å². The molecule has 0 saturated carbocycles. The van der Waals surface area contributed by atoms with Gasteiger partial charge in [0.15, 0.2) is 0 Å². The molecule has 1 amide bonds. The maximum atomic E-state index is 12.7. The Labute approximate surface area is 160 Å². The lowest BCUT2D eigenvalue weighted by molar-refractivity contribution is 0.0942. The lowest BCUT2D eigenvalue weighted by Crippen LogP contribution is -2.27. The van der Waals surface area contributed by atoms with Crippen molar-refractivity contribution in [3.8, 4) is 5.75 Å². The Balaban J connectivity index is 1.74. The third-order valence-electron chi connectivity index (χ3n) is 4.63. The van der Waals surface area contributed by atoms with E-state index in [0.29, 0.717) is 31.9 Å². The zero-order valence-electron chi connectivity index (χ0n) is 15.6. The number of rotatable bonds is 7. The van der Waals surface area contributed by atoms with Gasteiger partial charge in [0.05, 0.1) is 6.61 Å². The van der Waals surface area contributed by atoms with Crippen LogP contribution in [-0.2, 0) is 23.6 Å². The molecule has 1 fully saturated rings. The molecule has 27 heavy (non-hydrogen) atoms. The number of nitrogens with one attached hydrogen (secondary N) is 1. The van der Waals surface area contributed by atoms with Crippen molar-refractivity contribution in [1.29, 1.82) is 0 Å². The first-order valence-corrected chi connectivity index (χ1v) is 10.5. The summed E-state index contributed by atoms with van der Waals surface area (Å²) in [7, 11) is -1.87. The molecule has 146 valence electrons. The number of aromatic nitrogens is 1. The van der Waals surface area contributed by atoms with Crippen molar-refractivity contribution in [2.75, 3.05) is 19.7 Å². The number of carbonyl (C=O) groups is 1. The molecular weight excluding hydrogens is 366 g/mol. The fourth-order valence-electron chi connectivity index (χ4n) is 3.19. The van der Waals surface area contributed by atoms with Crippen LogP contribution in [0.25, 0.3) is 0 Å². The average Bonchev–Trinajstić information content (AvgIpc) is 3.31. The second-order valence-electron chi connectivity index (χ2n) is 6.51. The van der Waals surface area contributed by atoms with E-state index >= 15 is 0 Å². The number of sulfonamides is 1. The van der Waals surface area contributed by atoms with E-state index in [1.807, 2.05) is 31.2 Å². The van der Waals surface area contributed by atoms with Crippen LogP contribution >= 0.6 is 0 Å². The number of aryl methyl sites for hydroxylation is 1. The Bertz CT molecular complexity index is 915. The third kappa shape index (κ3) is 4.17. The second kappa shape index (κ2) is 8.14. The van der Waals surface area contributed by atoms with E-state index in [0.717, 1.165) is 24.2 Å². The van der Waals surface area contributed by atoms with E-state index in [4.69, 9.17) is 4.74 Å². The summed E-state index contributed by atoms with van der Waals surface area (Å²) in [4.78, 5) is 12.7. The van der Waals surface area contributed by atoms with Crippen molar-refractivity contribution in [2.45, 2.75) is 31.2 Å². The molecule has 0 unspecified atom stereocenters. The summed E-state index contributed by atoms with van der Waals surface area (Å²) in [5.41, 5.74) is 1.17. The van der Waals surface area contributed by atoms with Gasteiger partial charge < -0.3 is 14.6 Å². The molecule has 1 aliphatic heterocycles. The molecule has 2 heterocycles. The Morgan fingerprint density at radius 2 is 1.93 bits per heavy atom. The first-order valence-electron chi connectivity index (χ1n) is 9.09. The summed E-state index contributed by atoms with van der Waals surface area (Å²) < 4.78 is 34.0. The van der Waals surface area contributed by atoms with Crippen LogP contribution < -0.4 is 10.1 Å². The second-order valence-corrected chi connectivity index (χ2v) is 8.44. The molecule has 2 aromatic rings. The molecule has 0 spiro atoms. The van der Waals surface area contributed by atoms with Gasteiger partial charge in [-0.2, -0.15) is 4.31 Å². The number of ether oxygens (including phenoxy) is 1. The van der Waals surface area contributed by atoms with Gasteiger partial charge in [-0.3, -0.25) is 4.79 Å². The lowest BCUT2D eigenvalue weighted by atomic mass is 10.2. The monoisotopic (exact) mass is 391 g/mol. The fourth-order valence-corrected chi connectivity index (χ4v) is 4.78. The van der Waals surface area contributed by atoms with Gasteiger partial charge in [-0.15, -0.1) is 0 Å². The van der Waals surface area contributed by atoms with Crippen molar-refractivity contribution < 1.29 is 17.9 Å². The summed E-state index contributed by atoms with van der Waals surface area (Å²) in [6, 6.07) is 8.95. The predicted octanol–water partition coefficient (Wildman–Crippen LogP) is 2.14. The number of nitrogens with zero attached hydrogens (tertiary/aromatic N) is 2. The summed E-state index contributed by atoms with van der Waals surface area (Å²) in [5.74, 6) is 0.399. The third-order valence-corrected chi connectivity index (χ3v) is 6.49. The van der Waals surface area contributed by atoms with Crippen LogP contribution in [-0.4, -0.2) is 42.9 Å². The van der Waals surface area contributed by atoms with Crippen LogP contribution in [0.4, 0.5) is 0 Å². The highest BCUT2D eigenvalue weighted by Gasteiger charge is 2.29. The predicted molar refractivity (Wildman–Crippen MR) is 102 cm³/mol. The van der Waals surface area contributed by atoms with E-state index in [1.165, 1.54) is 16.6 Å². The highest BCUT2D eigenvalue weighted by molar-refractivity contribution is 7.89. The molecular formula is C19H25N3O4S. The lowest BCUT2D eigenvalue weighted by Gasteiger charge is -2.13. The van der Waals surface area contributed by atoms with Gasteiger partial charge in [-0.25, -0.2) is 8.42 Å². The van der Waals surface area contributed by atoms with Crippen molar-refractivity contribution in [3.63, 3.8) is 0 Å². The van der Waals surface area contributed by atoms with Crippen LogP contribution in [0.3, 0.4) is 0 Å². The van der Waals surface area contributed by atoms with Gasteiger partial charge in [0.1, 0.15) is 16.3 Å². The number of amides is 1. The minimum absolute atomic E-state index is 0.159. The smallest absolute Gasteiger partial charge is 0.268 e. The summed E-state index contributed by atoms with van der Waals surface area (Å²) in [6.45, 7) is 3.82. The molecule has 0 radical (unpaired) electrons. The SMILES string of the molecule is CCOc1ccccc1CNC(=O)c1cc(S(=O)(=O)N2CCCC2)cn1C. The van der Waals surface area contributed by atoms with Crippen LogP contribution in [0.2, 0.25) is 0 Å². The Hall–Kier alpha value is -2.32. The van der Waals surface area contributed by atoms with Crippen LogP contribution in [0.15, 0.2) is 41.4 Å². The summed E-state index contributed by atoms with van der Waals surface area (Å²) >= 11 is 0. The van der Waals surface area contributed by atoms with Crippen molar-refractivity contribution >= 4 is 15.9 Å². The largest absolute Gasteiger partial charge is 0.494 e. The van der Waals surface area contributed by atoms with E-state index in [9.17, 15) is 13.2 Å². The van der Waals surface area contributed by atoms with E-state index in [1.54, 1.807) is 11.6 Å². The molecule has 1 aromatic heterocycles. The first-order chi connectivity index (χ1) is 12.9. The van der Waals surface area contributed by atoms with Crippen LogP contribution in [0.5, 0.6) is 5.75 Å². The molecule has 1 aliphatic rings. The van der Waals surface area contributed by atoms with Gasteiger partial charge in [-0.1, -0.05) is 18.2 Å². The number of hydrogen-bond donors (Lipinski definition) is 1. The van der Waals surface area contributed by atoms with E-state index in [-0.39, 0.29) is 10.8 Å². The van der Waals surface area contributed by atoms with E-state index in [2.05, 4.69) is 5.32 Å². The maximum absolute atomic E-state index is 12.7.